The number of aliphatic hydroxyl groups is 1. The Morgan fingerprint density at radius 1 is 1.22 bits per heavy atom. The van der Waals surface area contributed by atoms with Crippen LogP contribution in [0, 0.1) is 5.92 Å². The van der Waals surface area contributed by atoms with Crippen LogP contribution in [-0.4, -0.2) is 53.1 Å². The molecule has 126 valence electrons. The van der Waals surface area contributed by atoms with E-state index in [1.807, 2.05) is 27.7 Å². The van der Waals surface area contributed by atoms with E-state index in [2.05, 4.69) is 14.9 Å². The van der Waals surface area contributed by atoms with Crippen molar-refractivity contribution in [1.29, 1.82) is 0 Å². The molecule has 2 saturated heterocycles. The van der Waals surface area contributed by atoms with Crippen LogP contribution in [0.1, 0.15) is 40.5 Å². The largest absolute Gasteiger partial charge is 0.498 e. The summed E-state index contributed by atoms with van der Waals surface area (Å²) >= 11 is 0. The van der Waals surface area contributed by atoms with E-state index in [0.717, 1.165) is 31.4 Å². The molecular formula is C16H26BN3O3. The number of nitrogens with zero attached hydrogens (tertiary/aromatic N) is 3. The Hall–Kier alpha value is -1.18. The van der Waals surface area contributed by atoms with E-state index in [-0.39, 0.29) is 17.8 Å². The third-order valence-electron chi connectivity index (χ3n) is 5.24. The van der Waals surface area contributed by atoms with Gasteiger partial charge in [0.15, 0.2) is 0 Å². The molecule has 7 heteroatoms. The molecule has 0 aliphatic carbocycles. The highest BCUT2D eigenvalue weighted by atomic mass is 16.7. The smallest absolute Gasteiger partial charge is 0.399 e. The first kappa shape index (κ1) is 16.7. The fraction of sp³-hybridized carbons (Fsp3) is 0.750. The molecule has 0 bridgehead atoms. The predicted octanol–water partition coefficient (Wildman–Crippen LogP) is 0.984. The number of aromatic nitrogens is 2. The summed E-state index contributed by atoms with van der Waals surface area (Å²) < 4.78 is 12.0. The maximum Gasteiger partial charge on any atom is 0.498 e. The van der Waals surface area contributed by atoms with Gasteiger partial charge in [0, 0.05) is 37.6 Å². The van der Waals surface area contributed by atoms with Gasteiger partial charge >= 0.3 is 7.12 Å². The molecule has 0 spiro atoms. The van der Waals surface area contributed by atoms with Gasteiger partial charge in [0.05, 0.1) is 11.2 Å². The molecule has 0 saturated carbocycles. The molecule has 3 rings (SSSR count). The summed E-state index contributed by atoms with van der Waals surface area (Å²) in [7, 11) is -0.430. The summed E-state index contributed by atoms with van der Waals surface area (Å²) in [6.07, 6.45) is 5.70. The van der Waals surface area contributed by atoms with Crippen molar-refractivity contribution in [2.24, 2.45) is 5.92 Å². The molecule has 1 atom stereocenters. The Morgan fingerprint density at radius 3 is 2.39 bits per heavy atom. The molecule has 0 unspecified atom stereocenters. The van der Waals surface area contributed by atoms with E-state index in [1.54, 1.807) is 12.4 Å². The van der Waals surface area contributed by atoms with Gasteiger partial charge in [0.25, 0.3) is 0 Å². The van der Waals surface area contributed by atoms with E-state index >= 15 is 0 Å². The SMILES string of the molecule is CC1(C)OB(c2cnc(N3CCC[C@@H](CO)C3)nc2)OC1(C)C. The quantitative estimate of drug-likeness (QED) is 0.838. The standard InChI is InChI=1S/C16H26BN3O3/c1-15(2)16(3,4)23-17(22-15)13-8-18-14(19-9-13)20-7-5-6-12(10-20)11-21/h8-9,12,21H,5-7,10-11H2,1-4H3/t12-/m1/s1. The van der Waals surface area contributed by atoms with Crippen LogP contribution in [0.3, 0.4) is 0 Å². The molecule has 0 radical (unpaired) electrons. The van der Waals surface area contributed by atoms with Gasteiger partial charge in [-0.3, -0.25) is 0 Å². The van der Waals surface area contributed by atoms with E-state index in [4.69, 9.17) is 9.31 Å². The van der Waals surface area contributed by atoms with Crippen LogP contribution in [0.4, 0.5) is 5.95 Å². The lowest BCUT2D eigenvalue weighted by Crippen LogP contribution is -2.41. The highest BCUT2D eigenvalue weighted by Gasteiger charge is 2.52. The molecule has 3 heterocycles. The molecule has 2 aliphatic heterocycles. The van der Waals surface area contributed by atoms with E-state index in [9.17, 15) is 5.11 Å². The summed E-state index contributed by atoms with van der Waals surface area (Å²) in [5, 5.41) is 9.34. The predicted molar refractivity (Wildman–Crippen MR) is 89.8 cm³/mol. The zero-order valence-electron chi connectivity index (χ0n) is 14.5. The number of anilines is 1. The van der Waals surface area contributed by atoms with Crippen LogP contribution in [0.2, 0.25) is 0 Å². The first-order valence-corrected chi connectivity index (χ1v) is 8.36. The highest BCUT2D eigenvalue weighted by molar-refractivity contribution is 6.61. The first-order chi connectivity index (χ1) is 10.8. The molecule has 2 fully saturated rings. The Labute approximate surface area is 138 Å². The Bertz CT molecular complexity index is 534. The topological polar surface area (TPSA) is 67.7 Å². The zero-order chi connectivity index (χ0) is 16.7. The van der Waals surface area contributed by atoms with Crippen molar-refractivity contribution < 1.29 is 14.4 Å². The summed E-state index contributed by atoms with van der Waals surface area (Å²) in [6.45, 7) is 10.1. The second-order valence-electron chi connectivity index (χ2n) is 7.54. The van der Waals surface area contributed by atoms with Gasteiger partial charge in [-0.1, -0.05) is 0 Å². The molecule has 0 amide bonds. The third kappa shape index (κ3) is 3.23. The van der Waals surface area contributed by atoms with Gasteiger partial charge in [0.1, 0.15) is 0 Å². The van der Waals surface area contributed by atoms with Crippen LogP contribution in [0.25, 0.3) is 0 Å². The van der Waals surface area contributed by atoms with Gasteiger partial charge < -0.3 is 19.3 Å². The third-order valence-corrected chi connectivity index (χ3v) is 5.24. The van der Waals surface area contributed by atoms with Crippen LogP contribution >= 0.6 is 0 Å². The van der Waals surface area contributed by atoms with Crippen molar-refractivity contribution in [3.05, 3.63) is 12.4 Å². The second-order valence-corrected chi connectivity index (χ2v) is 7.54. The molecule has 1 aromatic heterocycles. The number of hydrogen-bond acceptors (Lipinski definition) is 6. The van der Waals surface area contributed by atoms with Crippen molar-refractivity contribution in [1.82, 2.24) is 9.97 Å². The van der Waals surface area contributed by atoms with Crippen molar-refractivity contribution in [3.63, 3.8) is 0 Å². The molecule has 0 aromatic carbocycles. The van der Waals surface area contributed by atoms with Gasteiger partial charge in [-0.25, -0.2) is 9.97 Å². The number of rotatable bonds is 3. The molecule has 6 nitrogen and oxygen atoms in total. The minimum atomic E-state index is -0.430. The fourth-order valence-electron chi connectivity index (χ4n) is 2.99. The number of aliphatic hydroxyl groups excluding tert-OH is 1. The van der Waals surface area contributed by atoms with Gasteiger partial charge in [-0.15, -0.1) is 0 Å². The van der Waals surface area contributed by atoms with Crippen LogP contribution in [-0.2, 0) is 9.31 Å². The summed E-state index contributed by atoms with van der Waals surface area (Å²) in [6, 6.07) is 0. The molecular weight excluding hydrogens is 293 g/mol. The monoisotopic (exact) mass is 319 g/mol. The first-order valence-electron chi connectivity index (χ1n) is 8.36. The Balaban J connectivity index is 1.71. The zero-order valence-corrected chi connectivity index (χ0v) is 14.5. The van der Waals surface area contributed by atoms with E-state index in [0.29, 0.717) is 11.9 Å². The lowest BCUT2D eigenvalue weighted by Gasteiger charge is -2.32. The summed E-state index contributed by atoms with van der Waals surface area (Å²) in [4.78, 5) is 11.1. The number of piperidine rings is 1. The molecule has 1 N–H and O–H groups in total. The lowest BCUT2D eigenvalue weighted by molar-refractivity contribution is 0.00578. The van der Waals surface area contributed by atoms with Crippen molar-refractivity contribution in [2.45, 2.75) is 51.7 Å². The summed E-state index contributed by atoms with van der Waals surface area (Å²) in [5.74, 6) is 1.03. The molecule has 1 aromatic rings. The van der Waals surface area contributed by atoms with Crippen molar-refractivity contribution >= 4 is 18.5 Å². The normalized spacial score (nSPS) is 26.6. The van der Waals surface area contributed by atoms with E-state index < -0.39 is 7.12 Å². The van der Waals surface area contributed by atoms with Crippen LogP contribution in [0.15, 0.2) is 12.4 Å². The van der Waals surface area contributed by atoms with Crippen LogP contribution in [0.5, 0.6) is 0 Å². The molecule has 23 heavy (non-hydrogen) atoms. The van der Waals surface area contributed by atoms with E-state index in [1.165, 1.54) is 0 Å². The lowest BCUT2D eigenvalue weighted by atomic mass is 9.81. The average Bonchev–Trinajstić information content (AvgIpc) is 2.76. The maximum atomic E-state index is 9.34. The summed E-state index contributed by atoms with van der Waals surface area (Å²) in [5.41, 5.74) is 0.109. The van der Waals surface area contributed by atoms with Crippen molar-refractivity contribution in [2.75, 3.05) is 24.6 Å². The van der Waals surface area contributed by atoms with Crippen LogP contribution < -0.4 is 10.4 Å². The number of hydrogen-bond donors (Lipinski definition) is 1. The average molecular weight is 319 g/mol. The Kier molecular flexibility index (Phi) is 4.38. The molecule has 2 aliphatic rings. The maximum absolute atomic E-state index is 9.34. The second kappa shape index (κ2) is 6.04. The van der Waals surface area contributed by atoms with Gasteiger partial charge in [-0.2, -0.15) is 0 Å². The van der Waals surface area contributed by atoms with Gasteiger partial charge in [0.2, 0.25) is 5.95 Å². The fourth-order valence-corrected chi connectivity index (χ4v) is 2.99. The minimum Gasteiger partial charge on any atom is -0.399 e. The Morgan fingerprint density at radius 2 is 1.83 bits per heavy atom. The van der Waals surface area contributed by atoms with Crippen molar-refractivity contribution in [3.8, 4) is 0 Å². The minimum absolute atomic E-state index is 0.225. The highest BCUT2D eigenvalue weighted by Crippen LogP contribution is 2.36. The van der Waals surface area contributed by atoms with Gasteiger partial charge in [-0.05, 0) is 46.5 Å².